The van der Waals surface area contributed by atoms with E-state index < -0.39 is 0 Å². The normalized spacial score (nSPS) is 10.4. The summed E-state index contributed by atoms with van der Waals surface area (Å²) in [5.74, 6) is 1.64. The first-order valence-electron chi connectivity index (χ1n) is 8.03. The number of carbonyl (C=O) groups excluding carboxylic acids is 1. The van der Waals surface area contributed by atoms with Crippen molar-refractivity contribution in [1.29, 1.82) is 0 Å². The largest absolute Gasteiger partial charge is 0.493 e. The number of amides is 1. The Balaban J connectivity index is 1.63. The van der Waals surface area contributed by atoms with Crippen LogP contribution in [0.3, 0.4) is 0 Å². The van der Waals surface area contributed by atoms with Crippen LogP contribution >= 0.6 is 0 Å². The lowest BCUT2D eigenvalue weighted by molar-refractivity contribution is -0.120. The molecule has 0 bridgehead atoms. The standard InChI is InChI=1S/C19H19N3O4/c1-24-16-6-5-14(8-18(16)25-2)17-9-15(22-26-17)10-19(23)21-12-13-4-3-7-20-11-13/h3-9,11H,10,12H2,1-2H3,(H,21,23). The minimum absolute atomic E-state index is 0.136. The van der Waals surface area contributed by atoms with Crippen molar-refractivity contribution in [2.45, 2.75) is 13.0 Å². The van der Waals surface area contributed by atoms with Crippen LogP contribution in [-0.4, -0.2) is 30.3 Å². The zero-order chi connectivity index (χ0) is 18.4. The van der Waals surface area contributed by atoms with Gasteiger partial charge in [0.2, 0.25) is 5.91 Å². The summed E-state index contributed by atoms with van der Waals surface area (Å²) >= 11 is 0. The van der Waals surface area contributed by atoms with E-state index >= 15 is 0 Å². The van der Waals surface area contributed by atoms with E-state index in [2.05, 4.69) is 15.5 Å². The van der Waals surface area contributed by atoms with Crippen molar-refractivity contribution in [3.8, 4) is 22.8 Å². The maximum Gasteiger partial charge on any atom is 0.226 e. The van der Waals surface area contributed by atoms with Gasteiger partial charge in [-0.3, -0.25) is 9.78 Å². The molecule has 26 heavy (non-hydrogen) atoms. The first-order chi connectivity index (χ1) is 12.7. The van der Waals surface area contributed by atoms with Crippen LogP contribution in [0.5, 0.6) is 11.5 Å². The van der Waals surface area contributed by atoms with Crippen molar-refractivity contribution in [1.82, 2.24) is 15.5 Å². The lowest BCUT2D eigenvalue weighted by Gasteiger charge is -2.07. The van der Waals surface area contributed by atoms with E-state index in [-0.39, 0.29) is 12.3 Å². The molecule has 2 heterocycles. The lowest BCUT2D eigenvalue weighted by Crippen LogP contribution is -2.24. The van der Waals surface area contributed by atoms with Gasteiger partial charge in [-0.1, -0.05) is 11.2 Å². The molecular formula is C19H19N3O4. The summed E-state index contributed by atoms with van der Waals surface area (Å²) in [6, 6.07) is 10.9. The Morgan fingerprint density at radius 2 is 2.00 bits per heavy atom. The smallest absolute Gasteiger partial charge is 0.226 e. The Hall–Kier alpha value is -3.35. The number of aromatic nitrogens is 2. The first-order valence-corrected chi connectivity index (χ1v) is 8.03. The molecule has 0 unspecified atom stereocenters. The summed E-state index contributed by atoms with van der Waals surface area (Å²) in [5.41, 5.74) is 2.28. The van der Waals surface area contributed by atoms with E-state index in [9.17, 15) is 4.79 Å². The number of hydrogen-bond acceptors (Lipinski definition) is 6. The number of ether oxygens (including phenoxy) is 2. The number of nitrogens with zero attached hydrogens (tertiary/aromatic N) is 2. The summed E-state index contributed by atoms with van der Waals surface area (Å²) in [5, 5.41) is 6.80. The highest BCUT2D eigenvalue weighted by atomic mass is 16.5. The minimum Gasteiger partial charge on any atom is -0.493 e. The Morgan fingerprint density at radius 1 is 1.15 bits per heavy atom. The lowest BCUT2D eigenvalue weighted by atomic mass is 10.1. The fraction of sp³-hybridized carbons (Fsp3) is 0.211. The van der Waals surface area contributed by atoms with E-state index in [4.69, 9.17) is 14.0 Å². The van der Waals surface area contributed by atoms with Gasteiger partial charge in [0.15, 0.2) is 17.3 Å². The van der Waals surface area contributed by atoms with Gasteiger partial charge in [0, 0.05) is 30.6 Å². The summed E-state index contributed by atoms with van der Waals surface area (Å²) in [7, 11) is 3.15. The molecule has 0 saturated carbocycles. The van der Waals surface area contributed by atoms with Gasteiger partial charge >= 0.3 is 0 Å². The second kappa shape index (κ2) is 8.15. The third-order valence-electron chi connectivity index (χ3n) is 3.78. The SMILES string of the molecule is COc1ccc(-c2cc(CC(=O)NCc3cccnc3)no2)cc1OC. The second-order valence-electron chi connectivity index (χ2n) is 5.57. The molecule has 0 atom stereocenters. The minimum atomic E-state index is -0.138. The highest BCUT2D eigenvalue weighted by molar-refractivity contribution is 5.78. The van der Waals surface area contributed by atoms with Crippen LogP contribution in [0.2, 0.25) is 0 Å². The van der Waals surface area contributed by atoms with E-state index in [0.717, 1.165) is 11.1 Å². The van der Waals surface area contributed by atoms with Crippen LogP contribution in [0.15, 0.2) is 53.3 Å². The van der Waals surface area contributed by atoms with Crippen molar-refractivity contribution in [2.24, 2.45) is 0 Å². The Labute approximate surface area is 150 Å². The summed E-state index contributed by atoms with van der Waals surface area (Å²) < 4.78 is 15.9. The molecule has 1 aromatic carbocycles. The molecule has 3 rings (SSSR count). The highest BCUT2D eigenvalue weighted by Crippen LogP contribution is 2.32. The zero-order valence-electron chi connectivity index (χ0n) is 14.6. The van der Waals surface area contributed by atoms with Crippen molar-refractivity contribution in [3.63, 3.8) is 0 Å². The quantitative estimate of drug-likeness (QED) is 0.703. The Kier molecular flexibility index (Phi) is 5.48. The molecule has 1 amide bonds. The topological polar surface area (TPSA) is 86.5 Å². The van der Waals surface area contributed by atoms with Gasteiger partial charge in [-0.15, -0.1) is 0 Å². The summed E-state index contributed by atoms with van der Waals surface area (Å²) in [6.45, 7) is 0.424. The number of rotatable bonds is 7. The highest BCUT2D eigenvalue weighted by Gasteiger charge is 2.13. The predicted octanol–water partition coefficient (Wildman–Crippen LogP) is 2.61. The van der Waals surface area contributed by atoms with E-state index in [0.29, 0.717) is 29.5 Å². The molecule has 0 aliphatic heterocycles. The molecule has 134 valence electrons. The van der Waals surface area contributed by atoms with Gasteiger partial charge in [0.25, 0.3) is 0 Å². The second-order valence-corrected chi connectivity index (χ2v) is 5.57. The molecule has 1 N–H and O–H groups in total. The van der Waals surface area contributed by atoms with Crippen LogP contribution in [0.1, 0.15) is 11.3 Å². The van der Waals surface area contributed by atoms with Crippen molar-refractivity contribution >= 4 is 5.91 Å². The van der Waals surface area contributed by atoms with Gasteiger partial charge in [0.05, 0.1) is 26.3 Å². The van der Waals surface area contributed by atoms with Crippen LogP contribution in [-0.2, 0) is 17.8 Å². The molecule has 3 aromatic rings. The molecule has 0 aliphatic rings. The molecule has 0 fully saturated rings. The third-order valence-corrected chi connectivity index (χ3v) is 3.78. The van der Waals surface area contributed by atoms with Crippen LogP contribution < -0.4 is 14.8 Å². The van der Waals surface area contributed by atoms with Crippen LogP contribution in [0, 0.1) is 0 Å². The number of benzene rings is 1. The number of carbonyl (C=O) groups is 1. The molecule has 2 aromatic heterocycles. The maximum atomic E-state index is 12.1. The van der Waals surface area contributed by atoms with Gasteiger partial charge in [-0.05, 0) is 29.8 Å². The third kappa shape index (κ3) is 4.18. The average molecular weight is 353 g/mol. The van der Waals surface area contributed by atoms with Gasteiger partial charge in [-0.2, -0.15) is 0 Å². The van der Waals surface area contributed by atoms with Crippen LogP contribution in [0.25, 0.3) is 11.3 Å². The monoisotopic (exact) mass is 353 g/mol. The number of methoxy groups -OCH3 is 2. The van der Waals surface area contributed by atoms with Crippen molar-refractivity contribution < 1.29 is 18.8 Å². The van der Waals surface area contributed by atoms with Crippen molar-refractivity contribution in [2.75, 3.05) is 14.2 Å². The van der Waals surface area contributed by atoms with E-state index in [1.807, 2.05) is 18.2 Å². The first kappa shape index (κ1) is 17.5. The number of pyridine rings is 1. The van der Waals surface area contributed by atoms with Crippen molar-refractivity contribution in [3.05, 3.63) is 60.0 Å². The molecule has 0 aliphatic carbocycles. The molecule has 0 radical (unpaired) electrons. The summed E-state index contributed by atoms with van der Waals surface area (Å²) in [4.78, 5) is 16.1. The molecular weight excluding hydrogens is 334 g/mol. The fourth-order valence-corrected chi connectivity index (χ4v) is 2.45. The van der Waals surface area contributed by atoms with E-state index in [1.54, 1.807) is 44.8 Å². The van der Waals surface area contributed by atoms with Crippen LogP contribution in [0.4, 0.5) is 0 Å². The fourth-order valence-electron chi connectivity index (χ4n) is 2.45. The Morgan fingerprint density at radius 3 is 2.73 bits per heavy atom. The Bertz CT molecular complexity index is 878. The molecule has 7 heteroatoms. The molecule has 7 nitrogen and oxygen atoms in total. The zero-order valence-corrected chi connectivity index (χ0v) is 14.6. The molecule has 0 saturated heterocycles. The number of nitrogens with one attached hydrogen (secondary N) is 1. The van der Waals surface area contributed by atoms with Gasteiger partial charge in [0.1, 0.15) is 0 Å². The predicted molar refractivity (Wildman–Crippen MR) is 94.8 cm³/mol. The van der Waals surface area contributed by atoms with Gasteiger partial charge in [-0.25, -0.2) is 0 Å². The average Bonchev–Trinajstić information content (AvgIpc) is 3.15. The van der Waals surface area contributed by atoms with E-state index in [1.165, 1.54) is 0 Å². The van der Waals surface area contributed by atoms with Gasteiger partial charge < -0.3 is 19.3 Å². The molecule has 0 spiro atoms. The number of hydrogen-bond donors (Lipinski definition) is 1. The maximum absolute atomic E-state index is 12.1. The summed E-state index contributed by atoms with van der Waals surface area (Å²) in [6.07, 6.45) is 3.54.